The van der Waals surface area contributed by atoms with Gasteiger partial charge in [-0.05, 0) is 33.0 Å². The maximum atomic E-state index is 13.0. The Labute approximate surface area is 209 Å². The first-order valence-electron chi connectivity index (χ1n) is 10.4. The van der Waals surface area contributed by atoms with Crippen LogP contribution < -0.4 is 5.56 Å². The number of aromatic nitrogens is 2. The highest BCUT2D eigenvalue weighted by molar-refractivity contribution is 7.71. The van der Waals surface area contributed by atoms with Gasteiger partial charge in [0, 0.05) is 12.3 Å². The number of nitrogens with zero attached hydrogens (tertiary/aromatic N) is 1. The van der Waals surface area contributed by atoms with Gasteiger partial charge in [-0.2, -0.15) is 0 Å². The number of ether oxygens (including phenoxy) is 5. The van der Waals surface area contributed by atoms with Gasteiger partial charge in [0.1, 0.15) is 17.8 Å². The van der Waals surface area contributed by atoms with Crippen LogP contribution in [0.15, 0.2) is 17.1 Å². The number of phosphoric ester groups is 1. The lowest BCUT2D eigenvalue weighted by molar-refractivity contribution is -0.0984. The number of H-pyrrole nitrogens is 1. The lowest BCUT2D eigenvalue weighted by Crippen LogP contribution is -2.44. The summed E-state index contributed by atoms with van der Waals surface area (Å²) in [5.41, 5.74) is -2.42. The molecule has 204 valence electrons. The van der Waals surface area contributed by atoms with Crippen molar-refractivity contribution in [1.82, 2.24) is 9.55 Å². The second-order valence-corrected chi connectivity index (χ2v) is 9.16. The van der Waals surface area contributed by atoms with Crippen molar-refractivity contribution >= 4 is 32.4 Å². The zero-order chi connectivity index (χ0) is 26.9. The summed E-state index contributed by atoms with van der Waals surface area (Å²) in [5, 5.41) is 21.4. The first kappa shape index (κ1) is 29.9. The van der Waals surface area contributed by atoms with Crippen LogP contribution in [0.2, 0.25) is 0 Å². The standard InChI is InChI=1S/C18H27N2O14PS/c1-4-27-16(23)29-9-32-35(26,33-10-30-17(24)28-5-2)31-8-11-13(22)18(3,25)14(34-11)20-7-6-12(21)19-15(20)36/h6-7,11,13-14,22,25H,4-5,8-10H2,1-3H3,(H,19,21,36)/t11-,13+,14-,18?/m1/s1. The molecule has 0 aliphatic carbocycles. The van der Waals surface area contributed by atoms with E-state index in [4.69, 9.17) is 30.5 Å². The molecule has 0 radical (unpaired) electrons. The van der Waals surface area contributed by atoms with Crippen LogP contribution in [-0.2, 0) is 41.8 Å². The normalized spacial score (nSPS) is 23.8. The van der Waals surface area contributed by atoms with Crippen molar-refractivity contribution in [2.24, 2.45) is 0 Å². The topological polar surface area (TPSA) is 203 Å². The monoisotopic (exact) mass is 558 g/mol. The lowest BCUT2D eigenvalue weighted by Gasteiger charge is -2.28. The van der Waals surface area contributed by atoms with Gasteiger partial charge in [0.15, 0.2) is 11.0 Å². The molecule has 0 amide bonds. The molecule has 18 heteroatoms. The summed E-state index contributed by atoms with van der Waals surface area (Å²) in [6.07, 6.45) is -5.18. The first-order chi connectivity index (χ1) is 16.9. The van der Waals surface area contributed by atoms with E-state index in [0.29, 0.717) is 0 Å². The number of aromatic amines is 1. The van der Waals surface area contributed by atoms with Crippen LogP contribution in [0.25, 0.3) is 0 Å². The molecular formula is C18H27N2O14PS. The molecule has 1 unspecified atom stereocenters. The molecule has 0 spiro atoms. The molecule has 1 saturated heterocycles. The number of hydrogen-bond acceptors (Lipinski definition) is 15. The number of aliphatic hydroxyl groups is 2. The van der Waals surface area contributed by atoms with Gasteiger partial charge in [-0.3, -0.25) is 18.9 Å². The van der Waals surface area contributed by atoms with Gasteiger partial charge < -0.3 is 33.9 Å². The second-order valence-electron chi connectivity index (χ2n) is 7.11. The maximum absolute atomic E-state index is 13.0. The number of carbonyl (C=O) groups excluding carboxylic acids is 2. The van der Waals surface area contributed by atoms with Gasteiger partial charge in [-0.25, -0.2) is 23.2 Å². The Bertz CT molecular complexity index is 1030. The van der Waals surface area contributed by atoms with Crippen molar-refractivity contribution < 1.29 is 61.6 Å². The minimum atomic E-state index is -4.61. The third-order valence-electron chi connectivity index (χ3n) is 4.55. The van der Waals surface area contributed by atoms with Crippen molar-refractivity contribution in [1.29, 1.82) is 0 Å². The summed E-state index contributed by atoms with van der Waals surface area (Å²) < 4.78 is 52.8. The number of rotatable bonds is 12. The van der Waals surface area contributed by atoms with Crippen molar-refractivity contribution in [3.05, 3.63) is 27.4 Å². The van der Waals surface area contributed by atoms with Gasteiger partial charge in [0.05, 0.1) is 19.8 Å². The molecule has 1 aromatic heterocycles. The summed E-state index contributed by atoms with van der Waals surface area (Å²) in [7, 11) is -4.61. The van der Waals surface area contributed by atoms with E-state index in [-0.39, 0.29) is 18.0 Å². The fourth-order valence-electron chi connectivity index (χ4n) is 2.86. The Kier molecular flexibility index (Phi) is 11.0. The lowest BCUT2D eigenvalue weighted by atomic mass is 9.96. The third kappa shape index (κ3) is 8.07. The van der Waals surface area contributed by atoms with Gasteiger partial charge in [-0.15, -0.1) is 0 Å². The molecular weight excluding hydrogens is 531 g/mol. The summed E-state index contributed by atoms with van der Waals surface area (Å²) in [4.78, 5) is 36.4. The molecule has 0 saturated carbocycles. The summed E-state index contributed by atoms with van der Waals surface area (Å²) in [6, 6.07) is 1.13. The highest BCUT2D eigenvalue weighted by atomic mass is 32.1. The number of aliphatic hydroxyl groups excluding tert-OH is 1. The molecule has 0 aromatic carbocycles. The van der Waals surface area contributed by atoms with Crippen molar-refractivity contribution in [3.63, 3.8) is 0 Å². The maximum Gasteiger partial charge on any atom is 0.510 e. The van der Waals surface area contributed by atoms with Crippen LogP contribution in [0.3, 0.4) is 0 Å². The van der Waals surface area contributed by atoms with Gasteiger partial charge >= 0.3 is 20.1 Å². The molecule has 2 rings (SSSR count). The Morgan fingerprint density at radius 2 is 1.69 bits per heavy atom. The van der Waals surface area contributed by atoms with Gasteiger partial charge in [-0.1, -0.05) is 0 Å². The van der Waals surface area contributed by atoms with Gasteiger partial charge in [0.25, 0.3) is 5.56 Å². The number of hydrogen-bond donors (Lipinski definition) is 3. The number of nitrogens with one attached hydrogen (secondary N) is 1. The SMILES string of the molecule is CCOC(=O)OCOP(=O)(OCOC(=O)OCC)OC[C@H]1O[C@@H](n2ccc(=O)[nH]c2=S)C(C)(O)[C@H]1O. The summed E-state index contributed by atoms with van der Waals surface area (Å²) in [6.45, 7) is 1.78. The Morgan fingerprint density at radius 1 is 1.14 bits per heavy atom. The van der Waals surface area contributed by atoms with E-state index in [1.807, 2.05) is 0 Å². The largest absolute Gasteiger partial charge is 0.510 e. The van der Waals surface area contributed by atoms with E-state index >= 15 is 0 Å². The molecule has 1 aliphatic rings. The summed E-state index contributed by atoms with van der Waals surface area (Å²) in [5.74, 6) is 0. The first-order valence-corrected chi connectivity index (χ1v) is 12.3. The molecule has 3 N–H and O–H groups in total. The third-order valence-corrected chi connectivity index (χ3v) is 6.18. The van der Waals surface area contributed by atoms with Crippen LogP contribution in [0.5, 0.6) is 0 Å². The molecule has 0 bridgehead atoms. The van der Waals surface area contributed by atoms with Crippen LogP contribution in [-0.4, -0.2) is 83.3 Å². The van der Waals surface area contributed by atoms with Crippen LogP contribution >= 0.6 is 20.0 Å². The number of phosphoric acid groups is 1. The fourth-order valence-corrected chi connectivity index (χ4v) is 4.04. The second kappa shape index (κ2) is 13.3. The molecule has 2 heterocycles. The van der Waals surface area contributed by atoms with Crippen LogP contribution in [0.4, 0.5) is 9.59 Å². The highest BCUT2D eigenvalue weighted by Gasteiger charge is 2.53. The molecule has 1 aliphatic heterocycles. The molecule has 1 aromatic rings. The quantitative estimate of drug-likeness (QED) is 0.143. The smallest absolute Gasteiger partial charge is 0.435 e. The summed E-state index contributed by atoms with van der Waals surface area (Å²) >= 11 is 5.07. The highest BCUT2D eigenvalue weighted by Crippen LogP contribution is 2.50. The average Bonchev–Trinajstić information content (AvgIpc) is 3.01. The zero-order valence-electron chi connectivity index (χ0n) is 19.5. The molecule has 1 fully saturated rings. The van der Waals surface area contributed by atoms with Crippen molar-refractivity contribution in [3.8, 4) is 0 Å². The zero-order valence-corrected chi connectivity index (χ0v) is 21.2. The van der Waals surface area contributed by atoms with E-state index in [1.54, 1.807) is 0 Å². The molecule has 4 atom stereocenters. The van der Waals surface area contributed by atoms with Crippen molar-refractivity contribution in [2.75, 3.05) is 33.4 Å². The van der Waals surface area contributed by atoms with E-state index in [1.165, 1.54) is 31.5 Å². The fraction of sp³-hybridized carbons (Fsp3) is 0.667. The van der Waals surface area contributed by atoms with E-state index < -0.39 is 69.9 Å². The predicted molar refractivity (Wildman–Crippen MR) is 118 cm³/mol. The van der Waals surface area contributed by atoms with E-state index in [9.17, 15) is 29.2 Å². The van der Waals surface area contributed by atoms with Crippen molar-refractivity contribution in [2.45, 2.75) is 44.8 Å². The Balaban J connectivity index is 2.09. The van der Waals surface area contributed by atoms with E-state index in [0.717, 1.165) is 6.07 Å². The minimum absolute atomic E-state index is 0.00813. The average molecular weight is 558 g/mol. The van der Waals surface area contributed by atoms with E-state index in [2.05, 4.69) is 23.9 Å². The minimum Gasteiger partial charge on any atom is -0.435 e. The predicted octanol–water partition coefficient (Wildman–Crippen LogP) is 1.33. The number of carbonyl (C=O) groups is 2. The van der Waals surface area contributed by atoms with Gasteiger partial charge in [0.2, 0.25) is 13.6 Å². The molecule has 36 heavy (non-hydrogen) atoms. The Hall–Kier alpha value is -2.37. The Morgan fingerprint density at radius 3 is 2.19 bits per heavy atom. The van der Waals surface area contributed by atoms with Crippen LogP contribution in [0, 0.1) is 4.77 Å². The molecule has 16 nitrogen and oxygen atoms in total. The van der Waals surface area contributed by atoms with Crippen LogP contribution in [0.1, 0.15) is 27.0 Å².